The topological polar surface area (TPSA) is 58.3 Å². The molecule has 3 rings (SSSR count). The smallest absolute Gasteiger partial charge is 0.134 e. The van der Waals surface area contributed by atoms with E-state index in [0.717, 1.165) is 37.1 Å². The van der Waals surface area contributed by atoms with Gasteiger partial charge in [-0.3, -0.25) is 0 Å². The number of fused-ring (bicyclic) bond motifs is 1. The van der Waals surface area contributed by atoms with Gasteiger partial charge in [-0.2, -0.15) is 0 Å². The van der Waals surface area contributed by atoms with Crippen LogP contribution in [-0.4, -0.2) is 48.1 Å². The van der Waals surface area contributed by atoms with Crippen molar-refractivity contribution in [2.24, 2.45) is 0 Å². The summed E-state index contributed by atoms with van der Waals surface area (Å²) in [6, 6.07) is 6.22. The summed E-state index contributed by atoms with van der Waals surface area (Å²) in [6.07, 6.45) is 1.51. The second kappa shape index (κ2) is 4.42. The second-order valence-corrected chi connectivity index (χ2v) is 4.75. The Morgan fingerprint density at radius 3 is 2.67 bits per heavy atom. The number of benzene rings is 1. The van der Waals surface area contributed by atoms with E-state index in [2.05, 4.69) is 38.9 Å². The fourth-order valence-corrected chi connectivity index (χ4v) is 2.33. The van der Waals surface area contributed by atoms with Crippen molar-refractivity contribution in [1.82, 2.24) is 14.9 Å². The number of nitrogens with zero attached hydrogens (tertiary/aromatic N) is 4. The van der Waals surface area contributed by atoms with E-state index in [9.17, 15) is 0 Å². The first-order valence-electron chi connectivity index (χ1n) is 6.18. The number of nitrogen functional groups attached to an aromatic ring is 1. The van der Waals surface area contributed by atoms with Gasteiger partial charge in [0.1, 0.15) is 12.1 Å². The molecule has 0 amide bonds. The van der Waals surface area contributed by atoms with Gasteiger partial charge in [0.15, 0.2) is 0 Å². The summed E-state index contributed by atoms with van der Waals surface area (Å²) < 4.78 is 0. The maximum atomic E-state index is 5.90. The molecule has 1 aromatic carbocycles. The minimum absolute atomic E-state index is 0.552. The van der Waals surface area contributed by atoms with Crippen LogP contribution in [0.2, 0.25) is 0 Å². The molecule has 5 nitrogen and oxygen atoms in total. The van der Waals surface area contributed by atoms with Crippen molar-refractivity contribution < 1.29 is 0 Å². The number of anilines is 2. The lowest BCUT2D eigenvalue weighted by Gasteiger charge is -2.34. The van der Waals surface area contributed by atoms with Gasteiger partial charge in [0.05, 0.1) is 5.52 Å². The van der Waals surface area contributed by atoms with Crippen LogP contribution >= 0.6 is 0 Å². The molecule has 0 aliphatic carbocycles. The van der Waals surface area contributed by atoms with Crippen LogP contribution in [0.1, 0.15) is 0 Å². The Kier molecular flexibility index (Phi) is 2.76. The summed E-state index contributed by atoms with van der Waals surface area (Å²) in [4.78, 5) is 13.0. The van der Waals surface area contributed by atoms with Crippen LogP contribution in [0.5, 0.6) is 0 Å². The SMILES string of the molecule is CN1CCN(c2ccc3ncnc(N)c3c2)CC1. The van der Waals surface area contributed by atoms with Gasteiger partial charge in [0.2, 0.25) is 0 Å². The zero-order valence-corrected chi connectivity index (χ0v) is 10.5. The monoisotopic (exact) mass is 243 g/mol. The molecule has 1 aromatic heterocycles. The molecular formula is C13H17N5. The van der Waals surface area contributed by atoms with E-state index in [1.165, 1.54) is 12.0 Å². The van der Waals surface area contributed by atoms with Gasteiger partial charge < -0.3 is 15.5 Å². The average molecular weight is 243 g/mol. The van der Waals surface area contributed by atoms with Crippen LogP contribution < -0.4 is 10.6 Å². The van der Waals surface area contributed by atoms with Gasteiger partial charge >= 0.3 is 0 Å². The number of aromatic nitrogens is 2. The first kappa shape index (κ1) is 11.2. The molecule has 0 spiro atoms. The number of nitrogens with two attached hydrogens (primary N) is 1. The molecule has 5 heteroatoms. The van der Waals surface area contributed by atoms with E-state index in [1.54, 1.807) is 0 Å². The molecule has 2 N–H and O–H groups in total. The van der Waals surface area contributed by atoms with Crippen LogP contribution in [0, 0.1) is 0 Å². The Morgan fingerprint density at radius 1 is 1.11 bits per heavy atom. The Balaban J connectivity index is 1.95. The Bertz CT molecular complexity index is 560. The lowest BCUT2D eigenvalue weighted by Crippen LogP contribution is -2.44. The summed E-state index contributed by atoms with van der Waals surface area (Å²) in [5.41, 5.74) is 8.01. The predicted molar refractivity (Wildman–Crippen MR) is 73.7 cm³/mol. The van der Waals surface area contributed by atoms with Crippen molar-refractivity contribution in [3.63, 3.8) is 0 Å². The fraction of sp³-hybridized carbons (Fsp3) is 0.385. The maximum Gasteiger partial charge on any atom is 0.134 e. The highest BCUT2D eigenvalue weighted by atomic mass is 15.2. The van der Waals surface area contributed by atoms with E-state index < -0.39 is 0 Å². The Morgan fingerprint density at radius 2 is 1.89 bits per heavy atom. The highest BCUT2D eigenvalue weighted by molar-refractivity contribution is 5.90. The molecule has 1 fully saturated rings. The molecule has 0 unspecified atom stereocenters. The van der Waals surface area contributed by atoms with E-state index >= 15 is 0 Å². The fourth-order valence-electron chi connectivity index (χ4n) is 2.33. The molecule has 18 heavy (non-hydrogen) atoms. The van der Waals surface area contributed by atoms with Gasteiger partial charge in [0.25, 0.3) is 0 Å². The van der Waals surface area contributed by atoms with Crippen LogP contribution in [0.15, 0.2) is 24.5 Å². The second-order valence-electron chi connectivity index (χ2n) is 4.75. The summed E-state index contributed by atoms with van der Waals surface area (Å²) in [6.45, 7) is 4.29. The van der Waals surface area contributed by atoms with Crippen molar-refractivity contribution in [2.75, 3.05) is 43.9 Å². The van der Waals surface area contributed by atoms with E-state index in [-0.39, 0.29) is 0 Å². The number of rotatable bonds is 1. The van der Waals surface area contributed by atoms with Gasteiger partial charge in [-0.1, -0.05) is 0 Å². The average Bonchev–Trinajstić information content (AvgIpc) is 2.40. The zero-order valence-electron chi connectivity index (χ0n) is 10.5. The van der Waals surface area contributed by atoms with Crippen LogP contribution in [-0.2, 0) is 0 Å². The van der Waals surface area contributed by atoms with Crippen molar-refractivity contribution in [3.8, 4) is 0 Å². The van der Waals surface area contributed by atoms with Crippen molar-refractivity contribution in [3.05, 3.63) is 24.5 Å². The molecule has 0 bridgehead atoms. The number of hydrogen-bond acceptors (Lipinski definition) is 5. The van der Waals surface area contributed by atoms with E-state index in [4.69, 9.17) is 5.73 Å². The van der Waals surface area contributed by atoms with Gasteiger partial charge in [-0.25, -0.2) is 9.97 Å². The number of likely N-dealkylation sites (N-methyl/N-ethyl adjacent to an activating group) is 1. The highest BCUT2D eigenvalue weighted by Crippen LogP contribution is 2.24. The molecule has 94 valence electrons. The first-order valence-corrected chi connectivity index (χ1v) is 6.18. The molecule has 1 aliphatic rings. The van der Waals surface area contributed by atoms with Crippen LogP contribution in [0.25, 0.3) is 10.9 Å². The normalized spacial score (nSPS) is 17.3. The molecule has 0 saturated carbocycles. The maximum absolute atomic E-state index is 5.90. The van der Waals surface area contributed by atoms with Crippen molar-refractivity contribution in [2.45, 2.75) is 0 Å². The third-order valence-corrected chi connectivity index (χ3v) is 3.52. The predicted octanol–water partition coefficient (Wildman–Crippen LogP) is 0.964. The minimum atomic E-state index is 0.552. The summed E-state index contributed by atoms with van der Waals surface area (Å²) >= 11 is 0. The summed E-state index contributed by atoms with van der Waals surface area (Å²) in [5.74, 6) is 0.552. The third-order valence-electron chi connectivity index (χ3n) is 3.52. The van der Waals surface area contributed by atoms with E-state index in [1.807, 2.05) is 6.07 Å². The summed E-state index contributed by atoms with van der Waals surface area (Å²) in [5, 5.41) is 0.939. The van der Waals surface area contributed by atoms with Crippen molar-refractivity contribution >= 4 is 22.4 Å². The van der Waals surface area contributed by atoms with Crippen molar-refractivity contribution in [1.29, 1.82) is 0 Å². The Hall–Kier alpha value is -1.88. The molecule has 0 atom stereocenters. The standard InChI is InChI=1S/C13H17N5/c1-17-4-6-18(7-5-17)10-2-3-12-11(8-10)13(14)16-9-15-12/h2-3,8-9H,4-7H2,1H3,(H2,14,15,16). The summed E-state index contributed by atoms with van der Waals surface area (Å²) in [7, 11) is 2.16. The van der Waals surface area contributed by atoms with Gasteiger partial charge in [0, 0.05) is 37.3 Å². The molecule has 1 aliphatic heterocycles. The lowest BCUT2D eigenvalue weighted by atomic mass is 10.2. The molecule has 1 saturated heterocycles. The highest BCUT2D eigenvalue weighted by Gasteiger charge is 2.14. The van der Waals surface area contributed by atoms with Gasteiger partial charge in [-0.15, -0.1) is 0 Å². The minimum Gasteiger partial charge on any atom is -0.383 e. The Labute approximate surface area is 106 Å². The lowest BCUT2D eigenvalue weighted by molar-refractivity contribution is 0.313. The molecular weight excluding hydrogens is 226 g/mol. The molecule has 2 heterocycles. The number of hydrogen-bond donors (Lipinski definition) is 1. The van der Waals surface area contributed by atoms with Gasteiger partial charge in [-0.05, 0) is 25.2 Å². The largest absolute Gasteiger partial charge is 0.383 e. The van der Waals surface area contributed by atoms with E-state index in [0.29, 0.717) is 5.82 Å². The quantitative estimate of drug-likeness (QED) is 0.808. The first-order chi connectivity index (χ1) is 8.74. The molecule has 0 radical (unpaired) electrons. The third kappa shape index (κ3) is 1.97. The van der Waals surface area contributed by atoms with Crippen LogP contribution in [0.4, 0.5) is 11.5 Å². The molecule has 2 aromatic rings. The zero-order chi connectivity index (χ0) is 12.5. The number of piperazine rings is 1. The van der Waals surface area contributed by atoms with Crippen LogP contribution in [0.3, 0.4) is 0 Å².